The second kappa shape index (κ2) is 5.54. The second-order valence-electron chi connectivity index (χ2n) is 5.41. The van der Waals surface area contributed by atoms with Crippen LogP contribution in [-0.2, 0) is 0 Å². The maximum atomic E-state index is 9.71. The number of anilines is 1. The van der Waals surface area contributed by atoms with Crippen molar-refractivity contribution >= 4 is 5.69 Å². The Labute approximate surface area is 104 Å². The van der Waals surface area contributed by atoms with Gasteiger partial charge in [0.25, 0.3) is 0 Å². The van der Waals surface area contributed by atoms with Crippen molar-refractivity contribution in [1.29, 1.82) is 0 Å². The molecule has 0 unspecified atom stereocenters. The van der Waals surface area contributed by atoms with E-state index in [2.05, 4.69) is 36.2 Å². The minimum atomic E-state index is 0.128. The molecule has 0 heterocycles. The summed E-state index contributed by atoms with van der Waals surface area (Å²) in [6.07, 6.45) is 6.20. The summed E-state index contributed by atoms with van der Waals surface area (Å²) in [4.78, 5) is 2.28. The molecule has 2 rings (SSSR count). The summed E-state index contributed by atoms with van der Waals surface area (Å²) in [5.41, 5.74) is 1.37. The van der Waals surface area contributed by atoms with E-state index in [1.165, 1.54) is 37.8 Å². The molecule has 1 fully saturated rings. The smallest absolute Gasteiger partial charge is 0.0504 e. The summed E-state index contributed by atoms with van der Waals surface area (Å²) in [5.74, 6) is 0. The predicted molar refractivity (Wildman–Crippen MR) is 72.3 cm³/mol. The Balaban J connectivity index is 2.03. The van der Waals surface area contributed by atoms with Crippen molar-refractivity contribution < 1.29 is 5.11 Å². The fourth-order valence-electron chi connectivity index (χ4n) is 2.94. The third-order valence-electron chi connectivity index (χ3n) is 4.02. The molecule has 94 valence electrons. The molecule has 0 spiro atoms. The number of aliphatic hydroxyl groups is 1. The molecule has 2 heteroatoms. The molecule has 1 saturated carbocycles. The SMILES string of the molecule is CN(CC1(CO)CCCCC1)c1ccccc1. The molecule has 2 nitrogen and oxygen atoms in total. The molecule has 1 aromatic rings. The van der Waals surface area contributed by atoms with E-state index >= 15 is 0 Å². The van der Waals surface area contributed by atoms with Crippen molar-refractivity contribution in [3.8, 4) is 0 Å². The first-order valence-corrected chi connectivity index (χ1v) is 6.63. The van der Waals surface area contributed by atoms with Crippen molar-refractivity contribution in [1.82, 2.24) is 0 Å². The lowest BCUT2D eigenvalue weighted by molar-refractivity contribution is 0.0891. The van der Waals surface area contributed by atoms with Gasteiger partial charge in [-0.2, -0.15) is 0 Å². The van der Waals surface area contributed by atoms with Crippen molar-refractivity contribution in [2.24, 2.45) is 5.41 Å². The Morgan fingerprint density at radius 1 is 1.12 bits per heavy atom. The first kappa shape index (κ1) is 12.4. The third-order valence-corrected chi connectivity index (χ3v) is 4.02. The third kappa shape index (κ3) is 3.01. The molecule has 1 aliphatic rings. The van der Waals surface area contributed by atoms with Crippen molar-refractivity contribution in [3.05, 3.63) is 30.3 Å². The molecule has 0 atom stereocenters. The summed E-state index contributed by atoms with van der Waals surface area (Å²) in [7, 11) is 2.13. The number of para-hydroxylation sites is 1. The quantitative estimate of drug-likeness (QED) is 0.864. The van der Waals surface area contributed by atoms with Crippen LogP contribution in [0.4, 0.5) is 5.69 Å². The maximum absolute atomic E-state index is 9.71. The van der Waals surface area contributed by atoms with Crippen LogP contribution in [0.1, 0.15) is 32.1 Å². The molecule has 1 N–H and O–H groups in total. The fraction of sp³-hybridized carbons (Fsp3) is 0.600. The Morgan fingerprint density at radius 3 is 2.35 bits per heavy atom. The standard InChI is InChI=1S/C15H23NO/c1-16(14-8-4-2-5-9-14)12-15(13-17)10-6-3-7-11-15/h2,4-5,8-9,17H,3,6-7,10-13H2,1H3. The summed E-state index contributed by atoms with van der Waals surface area (Å²) in [6.45, 7) is 1.29. The molecule has 0 amide bonds. The number of aliphatic hydroxyl groups excluding tert-OH is 1. The number of hydrogen-bond acceptors (Lipinski definition) is 2. The van der Waals surface area contributed by atoms with E-state index in [-0.39, 0.29) is 5.41 Å². The van der Waals surface area contributed by atoms with Gasteiger partial charge in [0.2, 0.25) is 0 Å². The highest BCUT2D eigenvalue weighted by atomic mass is 16.3. The van der Waals surface area contributed by atoms with Crippen LogP contribution < -0.4 is 4.90 Å². The zero-order valence-electron chi connectivity index (χ0n) is 10.7. The topological polar surface area (TPSA) is 23.5 Å². The Hall–Kier alpha value is -1.02. The van der Waals surface area contributed by atoms with Crippen LogP contribution in [0.5, 0.6) is 0 Å². The van der Waals surface area contributed by atoms with Gasteiger partial charge in [-0.05, 0) is 25.0 Å². The lowest BCUT2D eigenvalue weighted by Gasteiger charge is -2.39. The van der Waals surface area contributed by atoms with E-state index in [1.54, 1.807) is 0 Å². The summed E-state index contributed by atoms with van der Waals surface area (Å²) >= 11 is 0. The highest BCUT2D eigenvalue weighted by Crippen LogP contribution is 2.37. The Bertz CT molecular complexity index is 330. The van der Waals surface area contributed by atoms with E-state index in [4.69, 9.17) is 0 Å². The number of benzene rings is 1. The highest BCUT2D eigenvalue weighted by Gasteiger charge is 2.32. The number of rotatable bonds is 4. The van der Waals surface area contributed by atoms with Crippen LogP contribution >= 0.6 is 0 Å². The predicted octanol–water partition coefficient (Wildman–Crippen LogP) is 3.07. The van der Waals surface area contributed by atoms with Gasteiger partial charge in [-0.25, -0.2) is 0 Å². The van der Waals surface area contributed by atoms with Gasteiger partial charge < -0.3 is 10.0 Å². The van der Waals surface area contributed by atoms with E-state index in [0.717, 1.165) is 6.54 Å². The number of hydrogen-bond donors (Lipinski definition) is 1. The summed E-state index contributed by atoms with van der Waals surface area (Å²) in [6, 6.07) is 10.4. The van der Waals surface area contributed by atoms with Gasteiger partial charge in [0.05, 0.1) is 6.61 Å². The average molecular weight is 233 g/mol. The zero-order valence-corrected chi connectivity index (χ0v) is 10.7. The first-order chi connectivity index (χ1) is 8.26. The molecule has 17 heavy (non-hydrogen) atoms. The molecule has 0 aliphatic heterocycles. The Kier molecular flexibility index (Phi) is 4.06. The average Bonchev–Trinajstić information content (AvgIpc) is 2.41. The summed E-state index contributed by atoms with van der Waals surface area (Å²) < 4.78 is 0. The monoisotopic (exact) mass is 233 g/mol. The Morgan fingerprint density at radius 2 is 1.76 bits per heavy atom. The van der Waals surface area contributed by atoms with Crippen LogP contribution in [-0.4, -0.2) is 25.3 Å². The van der Waals surface area contributed by atoms with Gasteiger partial charge in [-0.3, -0.25) is 0 Å². The van der Waals surface area contributed by atoms with E-state index < -0.39 is 0 Å². The van der Waals surface area contributed by atoms with E-state index in [0.29, 0.717) is 6.61 Å². The molecule has 0 bridgehead atoms. The van der Waals surface area contributed by atoms with Crippen LogP contribution in [0.15, 0.2) is 30.3 Å². The van der Waals surface area contributed by atoms with Crippen LogP contribution in [0.25, 0.3) is 0 Å². The molecule has 1 aromatic carbocycles. The second-order valence-corrected chi connectivity index (χ2v) is 5.41. The maximum Gasteiger partial charge on any atom is 0.0504 e. The summed E-state index contributed by atoms with van der Waals surface area (Å²) in [5, 5.41) is 9.71. The minimum Gasteiger partial charge on any atom is -0.396 e. The fourth-order valence-corrected chi connectivity index (χ4v) is 2.94. The van der Waals surface area contributed by atoms with Gasteiger partial charge in [-0.1, -0.05) is 37.5 Å². The largest absolute Gasteiger partial charge is 0.396 e. The molecular formula is C15H23NO. The van der Waals surface area contributed by atoms with Crippen molar-refractivity contribution in [3.63, 3.8) is 0 Å². The van der Waals surface area contributed by atoms with Crippen LogP contribution in [0.3, 0.4) is 0 Å². The molecule has 1 aliphatic carbocycles. The van der Waals surface area contributed by atoms with Gasteiger partial charge in [-0.15, -0.1) is 0 Å². The molecule has 0 radical (unpaired) electrons. The van der Waals surface area contributed by atoms with Gasteiger partial charge >= 0.3 is 0 Å². The van der Waals surface area contributed by atoms with Crippen LogP contribution in [0, 0.1) is 5.41 Å². The molecular weight excluding hydrogens is 210 g/mol. The van der Waals surface area contributed by atoms with E-state index in [9.17, 15) is 5.11 Å². The van der Waals surface area contributed by atoms with Crippen molar-refractivity contribution in [2.75, 3.05) is 25.1 Å². The van der Waals surface area contributed by atoms with Gasteiger partial charge in [0, 0.05) is 24.7 Å². The van der Waals surface area contributed by atoms with Gasteiger partial charge in [0.1, 0.15) is 0 Å². The normalized spacial score (nSPS) is 18.9. The van der Waals surface area contributed by atoms with Crippen LogP contribution in [0.2, 0.25) is 0 Å². The lowest BCUT2D eigenvalue weighted by atomic mass is 9.74. The zero-order chi connectivity index (χ0) is 12.1. The highest BCUT2D eigenvalue weighted by molar-refractivity contribution is 5.45. The van der Waals surface area contributed by atoms with Crippen molar-refractivity contribution in [2.45, 2.75) is 32.1 Å². The first-order valence-electron chi connectivity index (χ1n) is 6.63. The minimum absolute atomic E-state index is 0.128. The number of nitrogens with zero attached hydrogens (tertiary/aromatic N) is 1. The van der Waals surface area contributed by atoms with E-state index in [1.807, 2.05) is 6.07 Å². The lowest BCUT2D eigenvalue weighted by Crippen LogP contribution is -2.40. The molecule has 0 aromatic heterocycles. The molecule has 0 saturated heterocycles. The van der Waals surface area contributed by atoms with Gasteiger partial charge in [0.15, 0.2) is 0 Å².